The highest BCUT2D eigenvalue weighted by Gasteiger charge is 2.08. The molecule has 124 valence electrons. The number of hydrogen-bond acceptors (Lipinski definition) is 2. The van der Waals surface area contributed by atoms with Crippen LogP contribution in [0.4, 0.5) is 0 Å². The number of fused-ring (bicyclic) bond motifs is 1. The molecule has 0 atom stereocenters. The zero-order chi connectivity index (χ0) is 17.1. The third kappa shape index (κ3) is 3.19. The molecule has 0 fully saturated rings. The van der Waals surface area contributed by atoms with Gasteiger partial charge in [0.2, 0.25) is 0 Å². The maximum atomic E-state index is 12.3. The number of benzene rings is 3. The summed E-state index contributed by atoms with van der Waals surface area (Å²) in [6, 6.07) is 25.8. The van der Waals surface area contributed by atoms with Gasteiger partial charge in [-0.2, -0.15) is 0 Å². The van der Waals surface area contributed by atoms with Crippen molar-refractivity contribution in [1.82, 2.24) is 9.55 Å². The van der Waals surface area contributed by atoms with Crippen LogP contribution in [0.1, 0.15) is 0 Å². The Labute approximate surface area is 145 Å². The summed E-state index contributed by atoms with van der Waals surface area (Å²) in [6.07, 6.45) is 0. The Kier molecular flexibility index (Phi) is 4.09. The Balaban J connectivity index is 1.57. The van der Waals surface area contributed by atoms with Crippen LogP contribution in [0.3, 0.4) is 0 Å². The fourth-order valence-corrected chi connectivity index (χ4v) is 2.97. The molecular formula is C21H18N2O2. The molecule has 0 bridgehead atoms. The van der Waals surface area contributed by atoms with Gasteiger partial charge in [0.1, 0.15) is 12.4 Å². The van der Waals surface area contributed by atoms with Crippen molar-refractivity contribution in [3.63, 3.8) is 0 Å². The smallest absolute Gasteiger partial charge is 0.326 e. The maximum absolute atomic E-state index is 12.3. The topological polar surface area (TPSA) is 47.0 Å². The van der Waals surface area contributed by atoms with E-state index in [-0.39, 0.29) is 5.69 Å². The minimum absolute atomic E-state index is 0.114. The molecule has 0 radical (unpaired) electrons. The third-order valence-electron chi connectivity index (χ3n) is 4.21. The van der Waals surface area contributed by atoms with Crippen molar-refractivity contribution in [2.75, 3.05) is 6.61 Å². The molecule has 4 aromatic rings. The van der Waals surface area contributed by atoms with Crippen molar-refractivity contribution in [3.8, 4) is 16.9 Å². The molecule has 0 aliphatic carbocycles. The van der Waals surface area contributed by atoms with Crippen molar-refractivity contribution in [2.45, 2.75) is 6.54 Å². The van der Waals surface area contributed by atoms with Crippen molar-refractivity contribution in [1.29, 1.82) is 0 Å². The second-order valence-electron chi connectivity index (χ2n) is 5.84. The molecule has 4 heteroatoms. The molecule has 0 saturated carbocycles. The van der Waals surface area contributed by atoms with Crippen LogP contribution >= 0.6 is 0 Å². The summed E-state index contributed by atoms with van der Waals surface area (Å²) in [5.41, 5.74) is 3.83. The molecule has 1 aromatic heterocycles. The van der Waals surface area contributed by atoms with Crippen LogP contribution in [-0.4, -0.2) is 16.2 Å². The fourth-order valence-electron chi connectivity index (χ4n) is 2.97. The summed E-state index contributed by atoms with van der Waals surface area (Å²) in [5, 5.41) is 0. The van der Waals surface area contributed by atoms with Crippen LogP contribution in [0.2, 0.25) is 0 Å². The van der Waals surface area contributed by atoms with E-state index in [1.807, 2.05) is 66.7 Å². The minimum Gasteiger partial charge on any atom is -0.492 e. The predicted octanol–water partition coefficient (Wildman–Crippen LogP) is 4.08. The van der Waals surface area contributed by atoms with Gasteiger partial charge in [0, 0.05) is 0 Å². The predicted molar refractivity (Wildman–Crippen MR) is 99.9 cm³/mol. The molecule has 4 nitrogen and oxygen atoms in total. The molecular weight excluding hydrogens is 312 g/mol. The zero-order valence-electron chi connectivity index (χ0n) is 13.7. The molecule has 0 aliphatic heterocycles. The number of H-pyrrole nitrogens is 1. The number of aromatic amines is 1. The van der Waals surface area contributed by atoms with Crippen LogP contribution in [-0.2, 0) is 6.54 Å². The molecule has 0 saturated heterocycles. The van der Waals surface area contributed by atoms with Crippen molar-refractivity contribution in [3.05, 3.63) is 89.3 Å². The van der Waals surface area contributed by atoms with Crippen molar-refractivity contribution < 1.29 is 4.74 Å². The first-order chi connectivity index (χ1) is 12.3. The monoisotopic (exact) mass is 330 g/mol. The lowest BCUT2D eigenvalue weighted by atomic mass is 10.1. The van der Waals surface area contributed by atoms with Crippen LogP contribution in [0.15, 0.2) is 83.7 Å². The van der Waals surface area contributed by atoms with E-state index >= 15 is 0 Å². The standard InChI is InChI=1S/C21H18N2O2/c24-21-22-19-15-17(16-7-3-1-4-8-16)11-12-20(19)23(21)13-14-25-18-9-5-2-6-10-18/h1-12,15H,13-14H2,(H,22,24). The molecule has 3 aromatic carbocycles. The largest absolute Gasteiger partial charge is 0.492 e. The molecule has 0 amide bonds. The average molecular weight is 330 g/mol. The first-order valence-electron chi connectivity index (χ1n) is 8.27. The Bertz CT molecular complexity index is 1030. The highest BCUT2D eigenvalue weighted by Crippen LogP contribution is 2.22. The van der Waals surface area contributed by atoms with E-state index in [0.717, 1.165) is 27.9 Å². The van der Waals surface area contributed by atoms with Crippen LogP contribution in [0.25, 0.3) is 22.2 Å². The average Bonchev–Trinajstić information content (AvgIpc) is 2.98. The number of nitrogens with one attached hydrogen (secondary N) is 1. The number of nitrogens with zero attached hydrogens (tertiary/aromatic N) is 1. The molecule has 0 unspecified atom stereocenters. The van der Waals surface area contributed by atoms with Gasteiger partial charge < -0.3 is 9.72 Å². The molecule has 0 aliphatic rings. The van der Waals surface area contributed by atoms with Crippen molar-refractivity contribution in [2.24, 2.45) is 0 Å². The van der Waals surface area contributed by atoms with E-state index in [1.165, 1.54) is 0 Å². The highest BCUT2D eigenvalue weighted by molar-refractivity contribution is 5.82. The van der Waals surface area contributed by atoms with Crippen LogP contribution in [0.5, 0.6) is 5.75 Å². The molecule has 4 rings (SSSR count). The lowest BCUT2D eigenvalue weighted by Gasteiger charge is -2.07. The normalized spacial score (nSPS) is 10.9. The summed E-state index contributed by atoms with van der Waals surface area (Å²) in [7, 11) is 0. The van der Waals surface area contributed by atoms with Gasteiger partial charge >= 0.3 is 5.69 Å². The van der Waals surface area contributed by atoms with Crippen LogP contribution < -0.4 is 10.4 Å². The Morgan fingerprint density at radius 1 is 0.840 bits per heavy atom. The SMILES string of the molecule is O=c1[nH]c2cc(-c3ccccc3)ccc2n1CCOc1ccccc1. The quantitative estimate of drug-likeness (QED) is 0.599. The Hall–Kier alpha value is -3.27. The van der Waals surface area contributed by atoms with Gasteiger partial charge in [-0.05, 0) is 35.4 Å². The van der Waals surface area contributed by atoms with Crippen molar-refractivity contribution >= 4 is 11.0 Å². The van der Waals surface area contributed by atoms with Gasteiger partial charge in [-0.3, -0.25) is 4.57 Å². The highest BCUT2D eigenvalue weighted by atomic mass is 16.5. The van der Waals surface area contributed by atoms with Gasteiger partial charge in [-0.15, -0.1) is 0 Å². The zero-order valence-corrected chi connectivity index (χ0v) is 13.7. The molecule has 1 heterocycles. The molecule has 0 spiro atoms. The van der Waals surface area contributed by atoms with Gasteiger partial charge in [0.05, 0.1) is 17.6 Å². The van der Waals surface area contributed by atoms with E-state index in [4.69, 9.17) is 4.74 Å². The van der Waals surface area contributed by atoms with E-state index in [0.29, 0.717) is 13.2 Å². The maximum Gasteiger partial charge on any atom is 0.326 e. The summed E-state index contributed by atoms with van der Waals surface area (Å²) in [5.74, 6) is 0.807. The second kappa shape index (κ2) is 6.69. The summed E-state index contributed by atoms with van der Waals surface area (Å²) >= 11 is 0. The van der Waals surface area contributed by atoms with E-state index in [9.17, 15) is 4.79 Å². The van der Waals surface area contributed by atoms with Gasteiger partial charge in [-0.25, -0.2) is 4.79 Å². The van der Waals surface area contributed by atoms with Gasteiger partial charge in [0.15, 0.2) is 0 Å². The van der Waals surface area contributed by atoms with Crippen LogP contribution in [0, 0.1) is 0 Å². The summed E-state index contributed by atoms with van der Waals surface area (Å²) < 4.78 is 7.42. The fraction of sp³-hybridized carbons (Fsp3) is 0.0952. The van der Waals surface area contributed by atoms with E-state index in [1.54, 1.807) is 4.57 Å². The summed E-state index contributed by atoms with van der Waals surface area (Å²) in [6.45, 7) is 0.940. The number of aromatic nitrogens is 2. The summed E-state index contributed by atoms with van der Waals surface area (Å²) in [4.78, 5) is 15.2. The van der Waals surface area contributed by atoms with E-state index < -0.39 is 0 Å². The number of ether oxygens (including phenoxy) is 1. The van der Waals surface area contributed by atoms with Gasteiger partial charge in [-0.1, -0.05) is 54.6 Å². The second-order valence-corrected chi connectivity index (χ2v) is 5.84. The minimum atomic E-state index is -0.114. The third-order valence-corrected chi connectivity index (χ3v) is 4.21. The number of rotatable bonds is 5. The first-order valence-corrected chi connectivity index (χ1v) is 8.27. The molecule has 1 N–H and O–H groups in total. The lowest BCUT2D eigenvalue weighted by Crippen LogP contribution is -2.20. The molecule has 25 heavy (non-hydrogen) atoms. The van der Waals surface area contributed by atoms with E-state index in [2.05, 4.69) is 17.1 Å². The Morgan fingerprint density at radius 3 is 2.32 bits per heavy atom. The van der Waals surface area contributed by atoms with Gasteiger partial charge in [0.25, 0.3) is 0 Å². The number of hydrogen-bond donors (Lipinski definition) is 1. The first kappa shape index (κ1) is 15.3. The Morgan fingerprint density at radius 2 is 1.56 bits per heavy atom. The number of imidazole rings is 1. The number of para-hydroxylation sites is 1. The lowest BCUT2D eigenvalue weighted by molar-refractivity contribution is 0.298.